The molecule has 0 spiro atoms. The lowest BCUT2D eigenvalue weighted by Crippen LogP contribution is -2.30. The molecule has 0 saturated heterocycles. The molecular formula is C12H15NO3. The number of nitrogens with zero attached hydrogens (tertiary/aromatic N) is 1. The highest BCUT2D eigenvalue weighted by Gasteiger charge is 2.29. The maximum Gasteiger partial charge on any atom is 0.231 e. The topological polar surface area (TPSA) is 41.9 Å². The normalized spacial score (nSPS) is 23.3. The van der Waals surface area contributed by atoms with Gasteiger partial charge in [0.2, 0.25) is 6.79 Å². The van der Waals surface area contributed by atoms with Gasteiger partial charge in [0.05, 0.1) is 6.10 Å². The van der Waals surface area contributed by atoms with Gasteiger partial charge >= 0.3 is 0 Å². The summed E-state index contributed by atoms with van der Waals surface area (Å²) in [4.78, 5) is 2.11. The van der Waals surface area contributed by atoms with Crippen LogP contribution in [0, 0.1) is 6.92 Å². The summed E-state index contributed by atoms with van der Waals surface area (Å²) in [5.74, 6) is 1.60. The number of aliphatic hydroxyl groups is 1. The van der Waals surface area contributed by atoms with E-state index in [1.165, 1.54) is 0 Å². The quantitative estimate of drug-likeness (QED) is 0.715. The van der Waals surface area contributed by atoms with E-state index >= 15 is 0 Å². The molecule has 1 unspecified atom stereocenters. The molecule has 2 aliphatic heterocycles. The summed E-state index contributed by atoms with van der Waals surface area (Å²) < 4.78 is 10.8. The van der Waals surface area contributed by atoms with Crippen molar-refractivity contribution in [2.75, 3.05) is 20.4 Å². The van der Waals surface area contributed by atoms with Crippen molar-refractivity contribution in [3.8, 4) is 11.5 Å². The van der Waals surface area contributed by atoms with E-state index in [9.17, 15) is 5.11 Å². The molecule has 0 fully saturated rings. The van der Waals surface area contributed by atoms with Gasteiger partial charge in [-0.25, -0.2) is 0 Å². The lowest BCUT2D eigenvalue weighted by atomic mass is 9.92. The van der Waals surface area contributed by atoms with Crippen molar-refractivity contribution in [3.05, 3.63) is 22.8 Å². The second-order valence-corrected chi connectivity index (χ2v) is 4.52. The number of aliphatic hydroxyl groups excluding tert-OH is 1. The molecule has 2 heterocycles. The van der Waals surface area contributed by atoms with Gasteiger partial charge < -0.3 is 14.6 Å². The van der Waals surface area contributed by atoms with E-state index in [0.717, 1.165) is 34.7 Å². The standard InChI is InChI=1S/C12H15NO3/c1-7-11-8(4-13(2)5-9(11)14)3-10-12(7)16-6-15-10/h3,9,14H,4-6H2,1-2H3. The molecule has 4 nitrogen and oxygen atoms in total. The van der Waals surface area contributed by atoms with Crippen LogP contribution in [0.1, 0.15) is 22.8 Å². The van der Waals surface area contributed by atoms with Crippen LogP contribution >= 0.6 is 0 Å². The Kier molecular flexibility index (Phi) is 2.09. The third kappa shape index (κ3) is 1.30. The van der Waals surface area contributed by atoms with Crippen molar-refractivity contribution in [1.29, 1.82) is 0 Å². The van der Waals surface area contributed by atoms with Gasteiger partial charge in [0.15, 0.2) is 11.5 Å². The van der Waals surface area contributed by atoms with Crippen LogP contribution in [-0.2, 0) is 6.54 Å². The van der Waals surface area contributed by atoms with Crippen molar-refractivity contribution in [2.24, 2.45) is 0 Å². The largest absolute Gasteiger partial charge is 0.454 e. The fraction of sp³-hybridized carbons (Fsp3) is 0.500. The highest BCUT2D eigenvalue weighted by molar-refractivity contribution is 5.56. The smallest absolute Gasteiger partial charge is 0.231 e. The maximum atomic E-state index is 10.1. The predicted octanol–water partition coefficient (Wildman–Crippen LogP) is 1.20. The first kappa shape index (κ1) is 9.93. The minimum atomic E-state index is -0.428. The molecule has 16 heavy (non-hydrogen) atoms. The Labute approximate surface area is 94.4 Å². The minimum absolute atomic E-state index is 0.283. The van der Waals surface area contributed by atoms with E-state index in [0.29, 0.717) is 6.54 Å². The molecule has 1 aromatic carbocycles. The fourth-order valence-corrected chi connectivity index (χ4v) is 2.62. The number of hydrogen-bond donors (Lipinski definition) is 1. The molecule has 0 amide bonds. The first-order valence-electron chi connectivity index (χ1n) is 5.45. The van der Waals surface area contributed by atoms with Crippen molar-refractivity contribution < 1.29 is 14.6 Å². The van der Waals surface area contributed by atoms with Crippen molar-refractivity contribution in [3.63, 3.8) is 0 Å². The first-order valence-corrected chi connectivity index (χ1v) is 5.45. The van der Waals surface area contributed by atoms with E-state index in [-0.39, 0.29) is 6.79 Å². The Morgan fingerprint density at radius 2 is 2.25 bits per heavy atom. The highest BCUT2D eigenvalue weighted by Crippen LogP contribution is 2.42. The first-order chi connectivity index (χ1) is 7.66. The Morgan fingerprint density at radius 1 is 1.44 bits per heavy atom. The van der Waals surface area contributed by atoms with E-state index < -0.39 is 6.10 Å². The fourth-order valence-electron chi connectivity index (χ4n) is 2.62. The zero-order valence-electron chi connectivity index (χ0n) is 9.49. The summed E-state index contributed by atoms with van der Waals surface area (Å²) in [6, 6.07) is 1.99. The van der Waals surface area contributed by atoms with E-state index in [1.807, 2.05) is 20.0 Å². The van der Waals surface area contributed by atoms with Crippen LogP contribution in [0.25, 0.3) is 0 Å². The Balaban J connectivity index is 2.18. The average molecular weight is 221 g/mol. The average Bonchev–Trinajstić information content (AvgIpc) is 2.64. The summed E-state index contributed by atoms with van der Waals surface area (Å²) >= 11 is 0. The lowest BCUT2D eigenvalue weighted by Gasteiger charge is -2.30. The molecule has 4 heteroatoms. The Morgan fingerprint density at radius 3 is 3.06 bits per heavy atom. The Hall–Kier alpha value is -1.26. The molecule has 0 bridgehead atoms. The third-order valence-electron chi connectivity index (χ3n) is 3.30. The minimum Gasteiger partial charge on any atom is -0.454 e. The second-order valence-electron chi connectivity index (χ2n) is 4.52. The van der Waals surface area contributed by atoms with Gasteiger partial charge in [-0.1, -0.05) is 0 Å². The number of fused-ring (bicyclic) bond motifs is 2. The number of rotatable bonds is 0. The van der Waals surface area contributed by atoms with Crippen LogP contribution in [0.4, 0.5) is 0 Å². The zero-order valence-corrected chi connectivity index (χ0v) is 9.49. The van der Waals surface area contributed by atoms with Gasteiger partial charge in [-0.05, 0) is 31.2 Å². The third-order valence-corrected chi connectivity index (χ3v) is 3.30. The van der Waals surface area contributed by atoms with Crippen LogP contribution in [0.2, 0.25) is 0 Å². The number of hydrogen-bond acceptors (Lipinski definition) is 4. The van der Waals surface area contributed by atoms with Crippen LogP contribution in [-0.4, -0.2) is 30.4 Å². The molecule has 1 atom stereocenters. The van der Waals surface area contributed by atoms with Crippen LogP contribution in [0.3, 0.4) is 0 Å². The molecule has 2 aliphatic rings. The van der Waals surface area contributed by atoms with Crippen LogP contribution < -0.4 is 9.47 Å². The highest BCUT2D eigenvalue weighted by atomic mass is 16.7. The Bertz CT molecular complexity index is 444. The molecule has 0 radical (unpaired) electrons. The summed E-state index contributed by atoms with van der Waals surface area (Å²) in [5, 5.41) is 10.1. The van der Waals surface area contributed by atoms with Gasteiger partial charge in [0, 0.05) is 18.7 Å². The lowest BCUT2D eigenvalue weighted by molar-refractivity contribution is 0.107. The van der Waals surface area contributed by atoms with E-state index in [2.05, 4.69) is 4.90 Å². The molecule has 86 valence electrons. The molecule has 3 rings (SSSR count). The van der Waals surface area contributed by atoms with Gasteiger partial charge in [0.25, 0.3) is 0 Å². The second kappa shape index (κ2) is 3.37. The van der Waals surface area contributed by atoms with Crippen LogP contribution in [0.15, 0.2) is 6.07 Å². The number of likely N-dealkylation sites (N-methyl/N-ethyl adjacent to an activating group) is 1. The van der Waals surface area contributed by atoms with Gasteiger partial charge in [-0.2, -0.15) is 0 Å². The molecule has 0 saturated carbocycles. The molecule has 1 N–H and O–H groups in total. The molecule has 0 aromatic heterocycles. The number of ether oxygens (including phenoxy) is 2. The van der Waals surface area contributed by atoms with Crippen molar-refractivity contribution in [1.82, 2.24) is 4.90 Å². The van der Waals surface area contributed by atoms with Gasteiger partial charge in [-0.3, -0.25) is 4.90 Å². The monoisotopic (exact) mass is 221 g/mol. The molecule has 1 aromatic rings. The van der Waals surface area contributed by atoms with Gasteiger partial charge in [0.1, 0.15) is 0 Å². The predicted molar refractivity (Wildman–Crippen MR) is 58.6 cm³/mol. The zero-order chi connectivity index (χ0) is 11.3. The van der Waals surface area contributed by atoms with E-state index in [4.69, 9.17) is 9.47 Å². The number of benzene rings is 1. The maximum absolute atomic E-state index is 10.1. The molecular weight excluding hydrogens is 206 g/mol. The molecule has 0 aliphatic carbocycles. The van der Waals surface area contributed by atoms with Crippen molar-refractivity contribution in [2.45, 2.75) is 19.6 Å². The summed E-state index contributed by atoms with van der Waals surface area (Å²) in [6.07, 6.45) is -0.428. The number of β-amino-alcohol motifs (C(OH)–C–C–N with tert-alkyl or cyclic N) is 1. The van der Waals surface area contributed by atoms with Crippen molar-refractivity contribution >= 4 is 0 Å². The summed E-state index contributed by atoms with van der Waals surface area (Å²) in [7, 11) is 2.01. The van der Waals surface area contributed by atoms with Crippen LogP contribution in [0.5, 0.6) is 11.5 Å². The SMILES string of the molecule is Cc1c2c(cc3c1C(O)CN(C)C3)OCO2. The van der Waals surface area contributed by atoms with E-state index in [1.54, 1.807) is 0 Å². The summed E-state index contributed by atoms with van der Waals surface area (Å²) in [6.45, 7) is 3.79. The summed E-state index contributed by atoms with van der Waals surface area (Å²) in [5.41, 5.74) is 3.18. The van der Waals surface area contributed by atoms with Gasteiger partial charge in [-0.15, -0.1) is 0 Å².